The number of benzene rings is 2. The van der Waals surface area contributed by atoms with E-state index >= 15 is 0 Å². The van der Waals surface area contributed by atoms with Crippen molar-refractivity contribution < 1.29 is 29.3 Å². The van der Waals surface area contributed by atoms with Crippen molar-refractivity contribution in [3.05, 3.63) is 64.2 Å². The van der Waals surface area contributed by atoms with Crippen LogP contribution in [0.5, 0.6) is 5.75 Å². The van der Waals surface area contributed by atoms with Gasteiger partial charge < -0.3 is 19.7 Å². The Hall–Kier alpha value is -2.86. The first-order valence-corrected chi connectivity index (χ1v) is 9.38. The van der Waals surface area contributed by atoms with E-state index in [0.717, 1.165) is 36.1 Å². The van der Waals surface area contributed by atoms with Crippen LogP contribution < -0.4 is 4.74 Å². The smallest absolute Gasteiger partial charge is 0.336 e. The Bertz CT molecular complexity index is 828. The van der Waals surface area contributed by atoms with Crippen LogP contribution in [0.4, 0.5) is 0 Å². The number of carboxylic acids is 2. The van der Waals surface area contributed by atoms with Gasteiger partial charge in [-0.15, -0.1) is 0 Å². The molecule has 6 heteroatoms. The van der Waals surface area contributed by atoms with Gasteiger partial charge in [-0.2, -0.15) is 0 Å². The molecule has 0 fully saturated rings. The van der Waals surface area contributed by atoms with Crippen LogP contribution in [0.15, 0.2) is 36.4 Å². The molecule has 0 aliphatic rings. The van der Waals surface area contributed by atoms with Gasteiger partial charge in [0.15, 0.2) is 6.79 Å². The zero-order valence-electron chi connectivity index (χ0n) is 16.2. The van der Waals surface area contributed by atoms with E-state index in [1.165, 1.54) is 17.7 Å². The van der Waals surface area contributed by atoms with Gasteiger partial charge in [0.05, 0.1) is 11.1 Å². The Morgan fingerprint density at radius 2 is 1.54 bits per heavy atom. The molecule has 2 rings (SSSR count). The van der Waals surface area contributed by atoms with Crippen molar-refractivity contribution >= 4 is 11.9 Å². The minimum atomic E-state index is -1.23. The van der Waals surface area contributed by atoms with Gasteiger partial charge in [-0.1, -0.05) is 25.1 Å². The van der Waals surface area contributed by atoms with E-state index in [9.17, 15) is 14.7 Å². The highest BCUT2D eigenvalue weighted by atomic mass is 16.7. The molecule has 0 aliphatic heterocycles. The molecule has 0 saturated carbocycles. The van der Waals surface area contributed by atoms with E-state index in [1.807, 2.05) is 19.1 Å². The van der Waals surface area contributed by atoms with Crippen LogP contribution in [0.1, 0.15) is 57.7 Å². The average Bonchev–Trinajstić information content (AvgIpc) is 2.68. The molecule has 0 spiro atoms. The third-order valence-electron chi connectivity index (χ3n) is 4.48. The van der Waals surface area contributed by atoms with Gasteiger partial charge in [0.25, 0.3) is 0 Å². The minimum Gasteiger partial charge on any atom is -0.478 e. The Morgan fingerprint density at radius 3 is 2.14 bits per heavy atom. The van der Waals surface area contributed by atoms with Crippen molar-refractivity contribution in [2.75, 3.05) is 13.4 Å². The van der Waals surface area contributed by atoms with Crippen LogP contribution in [0.2, 0.25) is 0 Å². The molecule has 2 aromatic carbocycles. The number of carbonyl (C=O) groups is 2. The molecule has 150 valence electrons. The van der Waals surface area contributed by atoms with Crippen molar-refractivity contribution in [2.45, 2.75) is 39.5 Å². The minimum absolute atomic E-state index is 0.172. The summed E-state index contributed by atoms with van der Waals surface area (Å²) < 4.78 is 10.9. The molecule has 0 saturated heterocycles. The Morgan fingerprint density at radius 1 is 0.893 bits per heavy atom. The summed E-state index contributed by atoms with van der Waals surface area (Å²) in [6.07, 6.45) is 3.19. The average molecular weight is 386 g/mol. The summed E-state index contributed by atoms with van der Waals surface area (Å²) in [5.74, 6) is -1.63. The zero-order chi connectivity index (χ0) is 20.5. The molecule has 28 heavy (non-hydrogen) atoms. The van der Waals surface area contributed by atoms with Gasteiger partial charge in [-0.05, 0) is 67.5 Å². The molecular formula is C22H26O6. The molecule has 0 heterocycles. The Balaban J connectivity index is 2.00. The van der Waals surface area contributed by atoms with E-state index in [2.05, 4.69) is 13.0 Å². The number of aromatic carboxylic acids is 2. The number of rotatable bonds is 11. The van der Waals surface area contributed by atoms with Crippen molar-refractivity contribution in [3.63, 3.8) is 0 Å². The number of hydrogen-bond acceptors (Lipinski definition) is 4. The lowest BCUT2D eigenvalue weighted by atomic mass is 9.98. The molecule has 0 aliphatic carbocycles. The fraction of sp³-hybridized carbons (Fsp3) is 0.364. The summed E-state index contributed by atoms with van der Waals surface area (Å²) in [5.41, 5.74) is 2.76. The summed E-state index contributed by atoms with van der Waals surface area (Å²) in [7, 11) is 0. The van der Waals surface area contributed by atoms with E-state index in [4.69, 9.17) is 14.6 Å². The van der Waals surface area contributed by atoms with Crippen molar-refractivity contribution in [1.29, 1.82) is 0 Å². The maximum Gasteiger partial charge on any atom is 0.336 e. The number of aryl methyl sites for hydroxylation is 3. The Labute approximate surface area is 164 Å². The second kappa shape index (κ2) is 10.5. The molecular weight excluding hydrogens is 360 g/mol. The number of hydrogen-bond donors (Lipinski definition) is 2. The lowest BCUT2D eigenvalue weighted by molar-refractivity contribution is 0.0218. The van der Waals surface area contributed by atoms with Crippen LogP contribution in [0.25, 0.3) is 0 Å². The van der Waals surface area contributed by atoms with Crippen molar-refractivity contribution in [1.82, 2.24) is 0 Å². The van der Waals surface area contributed by atoms with Crippen LogP contribution >= 0.6 is 0 Å². The van der Waals surface area contributed by atoms with Gasteiger partial charge in [-0.25, -0.2) is 9.59 Å². The fourth-order valence-electron chi connectivity index (χ4n) is 3.00. The van der Waals surface area contributed by atoms with Gasteiger partial charge >= 0.3 is 11.9 Å². The van der Waals surface area contributed by atoms with Crippen LogP contribution in [-0.4, -0.2) is 35.6 Å². The second-order valence-electron chi connectivity index (χ2n) is 6.39. The molecule has 0 atom stereocenters. The summed E-state index contributed by atoms with van der Waals surface area (Å²) in [6, 6.07) is 10.6. The number of carboxylic acid groups (broad SMARTS) is 2. The van der Waals surface area contributed by atoms with Gasteiger partial charge in [-0.3, -0.25) is 0 Å². The Kier molecular flexibility index (Phi) is 8.02. The van der Waals surface area contributed by atoms with Crippen LogP contribution in [0.3, 0.4) is 0 Å². The first-order valence-electron chi connectivity index (χ1n) is 9.38. The van der Waals surface area contributed by atoms with Crippen molar-refractivity contribution in [2.24, 2.45) is 0 Å². The molecule has 0 radical (unpaired) electrons. The largest absolute Gasteiger partial charge is 0.478 e. The third-order valence-corrected chi connectivity index (χ3v) is 4.48. The lowest BCUT2D eigenvalue weighted by Crippen LogP contribution is -2.08. The molecule has 0 bridgehead atoms. The summed E-state index contributed by atoms with van der Waals surface area (Å²) in [6.45, 7) is 4.84. The second-order valence-corrected chi connectivity index (χ2v) is 6.39. The summed E-state index contributed by atoms with van der Waals surface area (Å²) in [5, 5.41) is 18.3. The van der Waals surface area contributed by atoms with Gasteiger partial charge in [0.1, 0.15) is 5.75 Å². The van der Waals surface area contributed by atoms with Gasteiger partial charge in [0.2, 0.25) is 0 Å². The van der Waals surface area contributed by atoms with E-state index < -0.39 is 11.9 Å². The summed E-state index contributed by atoms with van der Waals surface area (Å²) in [4.78, 5) is 22.4. The highest BCUT2D eigenvalue weighted by molar-refractivity contribution is 6.01. The van der Waals surface area contributed by atoms with Gasteiger partial charge in [0, 0.05) is 6.61 Å². The highest BCUT2D eigenvalue weighted by Gasteiger charge is 2.16. The standard InChI is InChI=1S/C22H26O6/c1-3-17-12-15(9-11-20(17)28-14-27-4-2)6-5-7-16-8-10-18(21(23)24)19(13-16)22(25)26/h8-13H,3-7,14H2,1-2H3,(H,23,24)(H,25,26). The molecule has 0 amide bonds. The topological polar surface area (TPSA) is 93.1 Å². The van der Waals surface area contributed by atoms with E-state index in [1.54, 1.807) is 6.07 Å². The first-order chi connectivity index (χ1) is 13.5. The molecule has 2 aromatic rings. The predicted octanol–water partition coefficient (Wildman–Crippen LogP) is 4.19. The quantitative estimate of drug-likeness (QED) is 0.444. The third kappa shape index (κ3) is 5.82. The molecule has 0 aromatic heterocycles. The molecule has 6 nitrogen and oxygen atoms in total. The van der Waals surface area contributed by atoms with E-state index in [-0.39, 0.29) is 17.9 Å². The normalized spacial score (nSPS) is 10.6. The predicted molar refractivity (Wildman–Crippen MR) is 105 cm³/mol. The van der Waals surface area contributed by atoms with Crippen molar-refractivity contribution in [3.8, 4) is 5.75 Å². The SMILES string of the molecule is CCOCOc1ccc(CCCc2ccc(C(=O)O)c(C(=O)O)c2)cc1CC. The monoisotopic (exact) mass is 386 g/mol. The van der Waals surface area contributed by atoms with E-state index in [0.29, 0.717) is 13.0 Å². The molecule has 0 unspecified atom stereocenters. The fourth-order valence-corrected chi connectivity index (χ4v) is 3.00. The highest BCUT2D eigenvalue weighted by Crippen LogP contribution is 2.22. The number of ether oxygens (including phenoxy) is 2. The van der Waals surface area contributed by atoms with Crippen LogP contribution in [-0.2, 0) is 24.0 Å². The maximum atomic E-state index is 11.3. The maximum absolute atomic E-state index is 11.3. The molecule has 2 N–H and O–H groups in total. The van der Waals surface area contributed by atoms with Crippen LogP contribution in [0, 0.1) is 0 Å². The zero-order valence-corrected chi connectivity index (χ0v) is 16.2. The summed E-state index contributed by atoms with van der Waals surface area (Å²) >= 11 is 0. The lowest BCUT2D eigenvalue weighted by Gasteiger charge is -2.12. The first kappa shape index (κ1) is 21.4.